The van der Waals surface area contributed by atoms with Gasteiger partial charge in [0.1, 0.15) is 5.75 Å². The van der Waals surface area contributed by atoms with Crippen molar-refractivity contribution < 1.29 is 4.74 Å². The van der Waals surface area contributed by atoms with Crippen molar-refractivity contribution in [2.45, 2.75) is 31.0 Å². The lowest BCUT2D eigenvalue weighted by atomic mass is 9.98. The topological polar surface area (TPSA) is 12.5 Å². The number of nitrogens with zero attached hydrogens (tertiary/aromatic N) is 1. The van der Waals surface area contributed by atoms with Gasteiger partial charge >= 0.3 is 0 Å². The van der Waals surface area contributed by atoms with E-state index in [0.717, 1.165) is 31.1 Å². The highest BCUT2D eigenvalue weighted by Crippen LogP contribution is 2.27. The molecule has 3 rings (SSSR count). The summed E-state index contributed by atoms with van der Waals surface area (Å²) in [6, 6.07) is 6.70. The maximum Gasteiger partial charge on any atom is 0.122 e. The van der Waals surface area contributed by atoms with Crippen LogP contribution < -0.4 is 4.74 Å². The summed E-state index contributed by atoms with van der Waals surface area (Å²) in [7, 11) is 0. The largest absolute Gasteiger partial charge is 0.493 e. The number of ether oxygens (including phenoxy) is 1. The smallest absolute Gasteiger partial charge is 0.122 e. The highest BCUT2D eigenvalue weighted by molar-refractivity contribution is 9.09. The van der Waals surface area contributed by atoms with Crippen LogP contribution in [0.1, 0.15) is 24.5 Å². The number of alkyl halides is 1. The lowest BCUT2D eigenvalue weighted by Gasteiger charge is -2.34. The number of benzene rings is 1. The molecule has 0 spiro atoms. The van der Waals surface area contributed by atoms with Gasteiger partial charge in [-0.3, -0.25) is 0 Å². The van der Waals surface area contributed by atoms with Gasteiger partial charge < -0.3 is 9.64 Å². The Kier molecular flexibility index (Phi) is 4.13. The number of hydrogen-bond donors (Lipinski definition) is 0. The zero-order valence-corrected chi connectivity index (χ0v) is 13.2. The normalized spacial score (nSPS) is 27.1. The Morgan fingerprint density at radius 3 is 3.16 bits per heavy atom. The molecule has 2 heterocycles. The molecular formula is C16H22BrNO. The highest BCUT2D eigenvalue weighted by Gasteiger charge is 2.23. The minimum Gasteiger partial charge on any atom is -0.493 e. The van der Waals surface area contributed by atoms with Crippen LogP contribution in [-0.4, -0.2) is 36.0 Å². The molecule has 2 atom stereocenters. The molecular weight excluding hydrogens is 302 g/mol. The van der Waals surface area contributed by atoms with Gasteiger partial charge in [0.05, 0.1) is 6.61 Å². The predicted octanol–water partition coefficient (Wildman–Crippen LogP) is 3.27. The van der Waals surface area contributed by atoms with E-state index >= 15 is 0 Å². The van der Waals surface area contributed by atoms with Crippen molar-refractivity contribution in [3.05, 3.63) is 29.3 Å². The first-order chi connectivity index (χ1) is 9.22. The van der Waals surface area contributed by atoms with Crippen LogP contribution >= 0.6 is 15.9 Å². The second-order valence-corrected chi connectivity index (χ2v) is 7.05. The summed E-state index contributed by atoms with van der Waals surface area (Å²) in [6.45, 7) is 6.81. The third kappa shape index (κ3) is 3.14. The molecule has 2 aliphatic heterocycles. The van der Waals surface area contributed by atoms with Crippen molar-refractivity contribution in [3.8, 4) is 5.75 Å². The van der Waals surface area contributed by atoms with E-state index in [0.29, 0.717) is 4.83 Å². The van der Waals surface area contributed by atoms with Crippen molar-refractivity contribution in [2.75, 3.05) is 26.2 Å². The monoisotopic (exact) mass is 323 g/mol. The van der Waals surface area contributed by atoms with Gasteiger partial charge in [-0.05, 0) is 42.5 Å². The summed E-state index contributed by atoms with van der Waals surface area (Å²) in [5.74, 6) is 1.91. The molecule has 0 bridgehead atoms. The van der Waals surface area contributed by atoms with E-state index < -0.39 is 0 Å². The summed E-state index contributed by atoms with van der Waals surface area (Å²) in [5, 5.41) is 0. The minimum atomic E-state index is 0.662. The van der Waals surface area contributed by atoms with Gasteiger partial charge in [-0.15, -0.1) is 0 Å². The maximum atomic E-state index is 5.56. The Hall–Kier alpha value is -0.540. The molecule has 0 radical (unpaired) electrons. The van der Waals surface area contributed by atoms with E-state index in [2.05, 4.69) is 46.0 Å². The first-order valence-electron chi connectivity index (χ1n) is 7.33. The summed E-state index contributed by atoms with van der Waals surface area (Å²) in [5.41, 5.74) is 2.84. The van der Waals surface area contributed by atoms with Crippen LogP contribution in [0.5, 0.6) is 5.75 Å². The van der Waals surface area contributed by atoms with E-state index in [1.165, 1.54) is 37.2 Å². The van der Waals surface area contributed by atoms with Crippen molar-refractivity contribution >= 4 is 15.9 Å². The van der Waals surface area contributed by atoms with E-state index in [1.54, 1.807) is 0 Å². The van der Waals surface area contributed by atoms with Gasteiger partial charge in [0, 0.05) is 24.3 Å². The van der Waals surface area contributed by atoms with E-state index in [4.69, 9.17) is 4.74 Å². The third-order valence-electron chi connectivity index (χ3n) is 4.42. The molecule has 0 aromatic heterocycles. The second kappa shape index (κ2) is 5.84. The van der Waals surface area contributed by atoms with Gasteiger partial charge in [-0.1, -0.05) is 35.0 Å². The standard InChI is InChI=1S/C16H22BrNO/c1-12-4-7-18(11-15(12)17)8-5-13-2-3-16-14(10-13)6-9-19-16/h2-3,10,12,15H,4-9,11H2,1H3. The second-order valence-electron chi connectivity index (χ2n) is 5.87. The first-order valence-corrected chi connectivity index (χ1v) is 8.25. The van der Waals surface area contributed by atoms with Gasteiger partial charge in [-0.25, -0.2) is 0 Å². The molecule has 2 nitrogen and oxygen atoms in total. The molecule has 1 fully saturated rings. The zero-order valence-electron chi connectivity index (χ0n) is 11.6. The molecule has 0 N–H and O–H groups in total. The number of fused-ring (bicyclic) bond motifs is 1. The predicted molar refractivity (Wildman–Crippen MR) is 82.3 cm³/mol. The number of piperidine rings is 1. The van der Waals surface area contributed by atoms with Crippen LogP contribution in [0, 0.1) is 5.92 Å². The Morgan fingerprint density at radius 2 is 2.32 bits per heavy atom. The summed E-state index contributed by atoms with van der Waals surface area (Å²) in [4.78, 5) is 3.25. The Morgan fingerprint density at radius 1 is 1.42 bits per heavy atom. The molecule has 0 aliphatic carbocycles. The lowest BCUT2D eigenvalue weighted by Crippen LogP contribution is -2.41. The van der Waals surface area contributed by atoms with Gasteiger partial charge in [-0.2, -0.15) is 0 Å². The highest BCUT2D eigenvalue weighted by atomic mass is 79.9. The van der Waals surface area contributed by atoms with Crippen LogP contribution in [0.15, 0.2) is 18.2 Å². The number of hydrogen-bond acceptors (Lipinski definition) is 2. The van der Waals surface area contributed by atoms with Crippen LogP contribution in [0.4, 0.5) is 0 Å². The number of rotatable bonds is 3. The van der Waals surface area contributed by atoms with Crippen molar-refractivity contribution in [2.24, 2.45) is 5.92 Å². The third-order valence-corrected chi connectivity index (χ3v) is 5.61. The quantitative estimate of drug-likeness (QED) is 0.791. The lowest BCUT2D eigenvalue weighted by molar-refractivity contribution is 0.203. The average Bonchev–Trinajstić information content (AvgIpc) is 2.87. The van der Waals surface area contributed by atoms with E-state index in [1.807, 2.05) is 0 Å². The Balaban J connectivity index is 1.55. The fourth-order valence-corrected chi connectivity index (χ4v) is 3.64. The molecule has 2 unspecified atom stereocenters. The number of likely N-dealkylation sites (tertiary alicyclic amines) is 1. The summed E-state index contributed by atoms with van der Waals surface area (Å²) >= 11 is 3.80. The van der Waals surface area contributed by atoms with Gasteiger partial charge in [0.2, 0.25) is 0 Å². The summed E-state index contributed by atoms with van der Waals surface area (Å²) < 4.78 is 5.56. The fourth-order valence-electron chi connectivity index (χ4n) is 2.97. The molecule has 104 valence electrons. The van der Waals surface area contributed by atoms with Crippen molar-refractivity contribution in [1.29, 1.82) is 0 Å². The van der Waals surface area contributed by atoms with Crippen molar-refractivity contribution in [1.82, 2.24) is 4.90 Å². The minimum absolute atomic E-state index is 0.662. The zero-order chi connectivity index (χ0) is 13.2. The Bertz CT molecular complexity index is 448. The molecule has 0 saturated carbocycles. The average molecular weight is 324 g/mol. The molecule has 0 amide bonds. The van der Waals surface area contributed by atoms with Gasteiger partial charge in [0.25, 0.3) is 0 Å². The molecule has 1 saturated heterocycles. The first kappa shape index (κ1) is 13.4. The van der Waals surface area contributed by atoms with E-state index in [9.17, 15) is 0 Å². The molecule has 3 heteroatoms. The fraction of sp³-hybridized carbons (Fsp3) is 0.625. The summed E-state index contributed by atoms with van der Waals surface area (Å²) in [6.07, 6.45) is 3.54. The van der Waals surface area contributed by atoms with Crippen molar-refractivity contribution in [3.63, 3.8) is 0 Å². The molecule has 1 aromatic rings. The van der Waals surface area contributed by atoms with E-state index in [-0.39, 0.29) is 0 Å². The Labute approximate surface area is 124 Å². The molecule has 1 aromatic carbocycles. The SMILES string of the molecule is CC1CCN(CCc2ccc3c(c2)CCO3)CC1Br. The van der Waals surface area contributed by atoms with Crippen LogP contribution in [0.25, 0.3) is 0 Å². The van der Waals surface area contributed by atoms with Crippen LogP contribution in [0.3, 0.4) is 0 Å². The number of halogens is 1. The van der Waals surface area contributed by atoms with Crippen LogP contribution in [0.2, 0.25) is 0 Å². The maximum absolute atomic E-state index is 5.56. The van der Waals surface area contributed by atoms with Gasteiger partial charge in [0.15, 0.2) is 0 Å². The van der Waals surface area contributed by atoms with Crippen LogP contribution in [-0.2, 0) is 12.8 Å². The molecule has 2 aliphatic rings. The molecule has 19 heavy (non-hydrogen) atoms.